The van der Waals surface area contributed by atoms with Crippen LogP contribution < -0.4 is 5.32 Å². The molecule has 1 aliphatic carbocycles. The summed E-state index contributed by atoms with van der Waals surface area (Å²) in [5.41, 5.74) is -0.0631. The van der Waals surface area contributed by atoms with Crippen molar-refractivity contribution in [2.24, 2.45) is 0 Å². The van der Waals surface area contributed by atoms with Crippen molar-refractivity contribution in [1.82, 2.24) is 15.1 Å². The third kappa shape index (κ3) is 4.41. The van der Waals surface area contributed by atoms with Crippen LogP contribution in [0.3, 0.4) is 0 Å². The standard InChI is InChI=1S/C17H33N3O/c1-17(14-21,18-15-6-7-15)8-3-9-19-10-4-12-20-11-2-5-16(20)13-19/h15-16,18,21H,2-14H2,1H3. The number of aliphatic hydroxyl groups is 1. The maximum atomic E-state index is 9.68. The van der Waals surface area contributed by atoms with Gasteiger partial charge in [0, 0.05) is 24.2 Å². The molecule has 0 amide bonds. The Hall–Kier alpha value is -0.160. The monoisotopic (exact) mass is 295 g/mol. The number of hydrogen-bond donors (Lipinski definition) is 2. The summed E-state index contributed by atoms with van der Waals surface area (Å²) < 4.78 is 0. The van der Waals surface area contributed by atoms with E-state index in [1.165, 1.54) is 71.2 Å². The van der Waals surface area contributed by atoms with Gasteiger partial charge in [0.05, 0.1) is 6.61 Å². The minimum absolute atomic E-state index is 0.0631. The van der Waals surface area contributed by atoms with Gasteiger partial charge in [0.1, 0.15) is 0 Å². The molecule has 2 atom stereocenters. The molecule has 4 heteroatoms. The molecule has 122 valence electrons. The highest BCUT2D eigenvalue weighted by molar-refractivity contribution is 4.92. The van der Waals surface area contributed by atoms with Crippen LogP contribution in [0.2, 0.25) is 0 Å². The van der Waals surface area contributed by atoms with Crippen LogP contribution in [0.15, 0.2) is 0 Å². The quantitative estimate of drug-likeness (QED) is 0.745. The molecule has 0 aromatic heterocycles. The third-order valence-electron chi connectivity index (χ3n) is 5.57. The molecule has 4 nitrogen and oxygen atoms in total. The number of fused-ring (bicyclic) bond motifs is 1. The Bertz CT molecular complexity index is 334. The topological polar surface area (TPSA) is 38.7 Å². The number of aliphatic hydroxyl groups excluding tert-OH is 1. The predicted molar refractivity (Wildman–Crippen MR) is 86.5 cm³/mol. The lowest BCUT2D eigenvalue weighted by atomic mass is 9.96. The zero-order valence-electron chi connectivity index (χ0n) is 13.7. The molecule has 2 heterocycles. The first-order valence-electron chi connectivity index (χ1n) is 9.03. The summed E-state index contributed by atoms with van der Waals surface area (Å²) in [7, 11) is 0. The second kappa shape index (κ2) is 6.95. The normalized spacial score (nSPS) is 30.9. The molecule has 2 aliphatic heterocycles. The van der Waals surface area contributed by atoms with Crippen molar-refractivity contribution in [3.8, 4) is 0 Å². The molecule has 21 heavy (non-hydrogen) atoms. The Morgan fingerprint density at radius 3 is 2.71 bits per heavy atom. The predicted octanol–water partition coefficient (Wildman–Crippen LogP) is 1.44. The average molecular weight is 295 g/mol. The van der Waals surface area contributed by atoms with E-state index in [9.17, 15) is 5.11 Å². The van der Waals surface area contributed by atoms with Crippen molar-refractivity contribution in [2.45, 2.75) is 69.5 Å². The lowest BCUT2D eigenvalue weighted by Crippen LogP contribution is -2.47. The Kier molecular flexibility index (Phi) is 5.20. The second-order valence-electron chi connectivity index (χ2n) is 7.73. The third-order valence-corrected chi connectivity index (χ3v) is 5.57. The first-order chi connectivity index (χ1) is 10.2. The van der Waals surface area contributed by atoms with Crippen molar-refractivity contribution in [3.05, 3.63) is 0 Å². The van der Waals surface area contributed by atoms with E-state index < -0.39 is 0 Å². The highest BCUT2D eigenvalue weighted by Crippen LogP contribution is 2.25. The fraction of sp³-hybridized carbons (Fsp3) is 1.00. The van der Waals surface area contributed by atoms with Gasteiger partial charge in [-0.1, -0.05) is 0 Å². The molecule has 3 aliphatic rings. The smallest absolute Gasteiger partial charge is 0.0610 e. The molecule has 0 bridgehead atoms. The van der Waals surface area contributed by atoms with Crippen LogP contribution in [0.5, 0.6) is 0 Å². The first kappa shape index (κ1) is 15.7. The maximum absolute atomic E-state index is 9.68. The molecule has 2 N–H and O–H groups in total. The summed E-state index contributed by atoms with van der Waals surface area (Å²) in [6.07, 6.45) is 8.99. The second-order valence-corrected chi connectivity index (χ2v) is 7.73. The fourth-order valence-electron chi connectivity index (χ4n) is 4.10. The zero-order chi connectivity index (χ0) is 14.7. The van der Waals surface area contributed by atoms with Crippen molar-refractivity contribution in [2.75, 3.05) is 39.3 Å². The van der Waals surface area contributed by atoms with Gasteiger partial charge >= 0.3 is 0 Å². The van der Waals surface area contributed by atoms with Crippen molar-refractivity contribution < 1.29 is 5.11 Å². The van der Waals surface area contributed by atoms with Crippen molar-refractivity contribution in [1.29, 1.82) is 0 Å². The van der Waals surface area contributed by atoms with Crippen molar-refractivity contribution in [3.63, 3.8) is 0 Å². The van der Waals surface area contributed by atoms with Crippen LogP contribution in [-0.2, 0) is 0 Å². The van der Waals surface area contributed by atoms with Gasteiger partial charge in [-0.2, -0.15) is 0 Å². The highest BCUT2D eigenvalue weighted by Gasteiger charge is 2.32. The minimum Gasteiger partial charge on any atom is -0.394 e. The molecule has 0 aromatic rings. The zero-order valence-corrected chi connectivity index (χ0v) is 13.7. The summed E-state index contributed by atoms with van der Waals surface area (Å²) in [5.74, 6) is 0. The fourth-order valence-corrected chi connectivity index (χ4v) is 4.10. The molecule has 2 unspecified atom stereocenters. The van der Waals surface area contributed by atoms with Crippen LogP contribution in [0.25, 0.3) is 0 Å². The highest BCUT2D eigenvalue weighted by atomic mass is 16.3. The molecule has 2 saturated heterocycles. The Morgan fingerprint density at radius 1 is 1.14 bits per heavy atom. The van der Waals surface area contributed by atoms with E-state index in [0.717, 1.165) is 12.5 Å². The van der Waals surface area contributed by atoms with E-state index in [0.29, 0.717) is 6.04 Å². The first-order valence-corrected chi connectivity index (χ1v) is 9.03. The van der Waals surface area contributed by atoms with Gasteiger partial charge in [0.25, 0.3) is 0 Å². The minimum atomic E-state index is -0.0631. The number of hydrogen-bond acceptors (Lipinski definition) is 4. The Morgan fingerprint density at radius 2 is 1.95 bits per heavy atom. The molecular formula is C17H33N3O. The lowest BCUT2D eigenvalue weighted by Gasteiger charge is -2.31. The van der Waals surface area contributed by atoms with Crippen LogP contribution in [0, 0.1) is 0 Å². The van der Waals surface area contributed by atoms with Gasteiger partial charge in [-0.3, -0.25) is 4.90 Å². The molecule has 0 radical (unpaired) electrons. The summed E-state index contributed by atoms with van der Waals surface area (Å²) in [5, 5.41) is 13.3. The van der Waals surface area contributed by atoms with Gasteiger partial charge in [-0.15, -0.1) is 0 Å². The van der Waals surface area contributed by atoms with E-state index in [1.54, 1.807) is 0 Å². The molecule has 3 fully saturated rings. The summed E-state index contributed by atoms with van der Waals surface area (Å²) in [4.78, 5) is 5.37. The van der Waals surface area contributed by atoms with Gasteiger partial charge < -0.3 is 15.3 Å². The molecule has 1 saturated carbocycles. The van der Waals surface area contributed by atoms with Gasteiger partial charge in [0.15, 0.2) is 0 Å². The van der Waals surface area contributed by atoms with E-state index >= 15 is 0 Å². The molecule has 3 rings (SSSR count). The average Bonchev–Trinajstić information content (AvgIpc) is 3.21. The SMILES string of the molecule is CC(CO)(CCCN1CCCN2CCCC2C1)NC1CC1. The number of rotatable bonds is 7. The molecule has 0 spiro atoms. The molecular weight excluding hydrogens is 262 g/mol. The van der Waals surface area contributed by atoms with E-state index in [2.05, 4.69) is 22.0 Å². The largest absolute Gasteiger partial charge is 0.394 e. The van der Waals surface area contributed by atoms with Gasteiger partial charge in [0.2, 0.25) is 0 Å². The van der Waals surface area contributed by atoms with E-state index in [1.807, 2.05) is 0 Å². The summed E-state index contributed by atoms with van der Waals surface area (Å²) >= 11 is 0. The van der Waals surface area contributed by atoms with Crippen molar-refractivity contribution >= 4 is 0 Å². The Balaban J connectivity index is 1.41. The number of nitrogens with zero attached hydrogens (tertiary/aromatic N) is 2. The van der Waals surface area contributed by atoms with Crippen LogP contribution in [0.4, 0.5) is 0 Å². The van der Waals surface area contributed by atoms with E-state index in [4.69, 9.17) is 0 Å². The van der Waals surface area contributed by atoms with Gasteiger partial charge in [-0.25, -0.2) is 0 Å². The maximum Gasteiger partial charge on any atom is 0.0610 e. The summed E-state index contributed by atoms with van der Waals surface area (Å²) in [6.45, 7) is 8.81. The van der Waals surface area contributed by atoms with Gasteiger partial charge in [-0.05, 0) is 78.0 Å². The van der Waals surface area contributed by atoms with Crippen LogP contribution in [0.1, 0.15) is 51.9 Å². The number of nitrogens with one attached hydrogen (secondary N) is 1. The Labute approximate surface area is 129 Å². The van der Waals surface area contributed by atoms with Crippen LogP contribution in [-0.4, -0.2) is 71.9 Å². The van der Waals surface area contributed by atoms with Crippen LogP contribution >= 0.6 is 0 Å². The lowest BCUT2D eigenvalue weighted by molar-refractivity contribution is 0.152. The van der Waals surface area contributed by atoms with E-state index in [-0.39, 0.29) is 12.1 Å². The summed E-state index contributed by atoms with van der Waals surface area (Å²) in [6, 6.07) is 1.49. The molecule has 0 aromatic carbocycles.